The second-order valence-electron chi connectivity index (χ2n) is 8.90. The molecule has 1 aromatic rings. The van der Waals surface area contributed by atoms with Gasteiger partial charge in [0.1, 0.15) is 5.82 Å². The third-order valence-electron chi connectivity index (χ3n) is 7.24. The van der Waals surface area contributed by atoms with Crippen LogP contribution in [0.25, 0.3) is 0 Å². The number of rotatable bonds is 0. The van der Waals surface area contributed by atoms with Gasteiger partial charge in [-0.25, -0.2) is 4.39 Å². The molecule has 5 atom stereocenters. The molecule has 2 heteroatoms. The zero-order valence-electron chi connectivity index (χ0n) is 13.9. The van der Waals surface area contributed by atoms with Gasteiger partial charge in [0.05, 0.1) is 6.10 Å². The third kappa shape index (κ3) is 1.86. The molecular formula is C20H27FO. The Morgan fingerprint density at radius 3 is 2.73 bits per heavy atom. The Morgan fingerprint density at radius 2 is 1.95 bits per heavy atom. The molecule has 0 bridgehead atoms. The fourth-order valence-electron chi connectivity index (χ4n) is 6.19. The van der Waals surface area contributed by atoms with Gasteiger partial charge in [-0.05, 0) is 83.9 Å². The Balaban J connectivity index is 1.72. The minimum absolute atomic E-state index is 0.0252. The summed E-state index contributed by atoms with van der Waals surface area (Å²) in [6.45, 7) is 6.76. The second kappa shape index (κ2) is 4.56. The molecule has 0 amide bonds. The Hall–Kier alpha value is -0.890. The van der Waals surface area contributed by atoms with Crippen molar-refractivity contribution >= 4 is 0 Å². The van der Waals surface area contributed by atoms with Crippen LogP contribution >= 0.6 is 0 Å². The van der Waals surface area contributed by atoms with Crippen molar-refractivity contribution in [2.24, 2.45) is 22.7 Å². The maximum Gasteiger partial charge on any atom is 0.123 e. The van der Waals surface area contributed by atoms with Crippen LogP contribution in [0, 0.1) is 28.5 Å². The zero-order valence-corrected chi connectivity index (χ0v) is 13.9. The molecule has 120 valence electrons. The van der Waals surface area contributed by atoms with Crippen LogP contribution in [0.2, 0.25) is 0 Å². The first-order chi connectivity index (χ1) is 10.3. The highest BCUT2D eigenvalue weighted by Crippen LogP contribution is 2.65. The Labute approximate surface area is 132 Å². The van der Waals surface area contributed by atoms with Crippen LogP contribution in [0.15, 0.2) is 18.2 Å². The number of halogens is 1. The fraction of sp³-hybridized carbons (Fsp3) is 0.700. The summed E-state index contributed by atoms with van der Waals surface area (Å²) in [5.41, 5.74) is 2.71. The molecular weight excluding hydrogens is 275 g/mol. The van der Waals surface area contributed by atoms with Crippen LogP contribution in [0.5, 0.6) is 0 Å². The predicted octanol–water partition coefficient (Wildman–Crippen LogP) is 4.68. The first-order valence-electron chi connectivity index (χ1n) is 8.79. The highest BCUT2D eigenvalue weighted by molar-refractivity contribution is 5.35. The monoisotopic (exact) mass is 302 g/mol. The summed E-state index contributed by atoms with van der Waals surface area (Å²) in [6, 6.07) is 5.40. The van der Waals surface area contributed by atoms with Gasteiger partial charge in [0.2, 0.25) is 0 Å². The average Bonchev–Trinajstić information content (AvgIpc) is 2.66. The molecule has 2 fully saturated rings. The molecule has 0 radical (unpaired) electrons. The second-order valence-corrected chi connectivity index (χ2v) is 8.90. The minimum Gasteiger partial charge on any atom is -0.392 e. The average molecular weight is 302 g/mol. The molecule has 0 heterocycles. The lowest BCUT2D eigenvalue weighted by atomic mass is 9.55. The molecule has 4 rings (SSSR count). The molecule has 22 heavy (non-hydrogen) atoms. The van der Waals surface area contributed by atoms with Gasteiger partial charge in [0.15, 0.2) is 0 Å². The van der Waals surface area contributed by atoms with E-state index in [1.165, 1.54) is 11.1 Å². The number of benzene rings is 1. The summed E-state index contributed by atoms with van der Waals surface area (Å²) >= 11 is 0. The summed E-state index contributed by atoms with van der Waals surface area (Å²) < 4.78 is 13.5. The van der Waals surface area contributed by atoms with Crippen molar-refractivity contribution in [3.05, 3.63) is 35.1 Å². The Bertz CT molecular complexity index is 608. The topological polar surface area (TPSA) is 20.2 Å². The smallest absolute Gasteiger partial charge is 0.123 e. The number of hydrogen-bond acceptors (Lipinski definition) is 1. The number of aliphatic hydroxyl groups excluding tert-OH is 1. The van der Waals surface area contributed by atoms with Crippen LogP contribution in [-0.2, 0) is 6.42 Å². The maximum atomic E-state index is 13.5. The quantitative estimate of drug-likeness (QED) is 0.738. The van der Waals surface area contributed by atoms with E-state index in [0.717, 1.165) is 32.1 Å². The van der Waals surface area contributed by atoms with Crippen LogP contribution in [0.4, 0.5) is 4.39 Å². The molecule has 1 N–H and O–H groups in total. The normalized spacial score (nSPS) is 42.4. The van der Waals surface area contributed by atoms with Gasteiger partial charge in [-0.15, -0.1) is 0 Å². The highest BCUT2D eigenvalue weighted by atomic mass is 19.1. The summed E-state index contributed by atoms with van der Waals surface area (Å²) in [7, 11) is 0. The molecule has 0 spiro atoms. The van der Waals surface area contributed by atoms with Gasteiger partial charge >= 0.3 is 0 Å². The first kappa shape index (κ1) is 14.7. The molecule has 3 aliphatic rings. The van der Waals surface area contributed by atoms with Crippen molar-refractivity contribution in [3.63, 3.8) is 0 Å². The van der Waals surface area contributed by atoms with Crippen LogP contribution in [0.3, 0.4) is 0 Å². The molecule has 1 nitrogen and oxygen atoms in total. The standard InChI is InChI=1S/C20H27FO/c1-19(2)11-17-16-6-4-12-10-13(21)5-7-14(12)15(16)8-9-20(17,3)18(19)22/h5,7,10,15-18,22H,4,6,8-9,11H2,1-3H3/t15-,16-,17+,18?,20+/m1/s1. The third-order valence-corrected chi connectivity index (χ3v) is 7.24. The van der Waals surface area contributed by atoms with Crippen molar-refractivity contribution in [1.29, 1.82) is 0 Å². The van der Waals surface area contributed by atoms with Crippen molar-refractivity contribution in [2.45, 2.75) is 64.9 Å². The van der Waals surface area contributed by atoms with Crippen LogP contribution < -0.4 is 0 Å². The number of aryl methyl sites for hydroxylation is 1. The fourth-order valence-corrected chi connectivity index (χ4v) is 6.19. The van der Waals surface area contributed by atoms with E-state index in [4.69, 9.17) is 0 Å². The van der Waals surface area contributed by atoms with Gasteiger partial charge in [-0.2, -0.15) is 0 Å². The minimum atomic E-state index is -0.194. The van der Waals surface area contributed by atoms with Crippen molar-refractivity contribution < 1.29 is 9.50 Å². The van der Waals surface area contributed by atoms with Crippen molar-refractivity contribution in [1.82, 2.24) is 0 Å². The molecule has 0 aromatic heterocycles. The van der Waals surface area contributed by atoms with Gasteiger partial charge < -0.3 is 5.11 Å². The van der Waals surface area contributed by atoms with Gasteiger partial charge in [-0.1, -0.05) is 26.8 Å². The predicted molar refractivity (Wildman–Crippen MR) is 86.2 cm³/mol. The van der Waals surface area contributed by atoms with E-state index in [1.54, 1.807) is 12.1 Å². The molecule has 1 unspecified atom stereocenters. The highest BCUT2D eigenvalue weighted by Gasteiger charge is 2.60. The molecule has 2 saturated carbocycles. The molecule has 3 aliphatic carbocycles. The molecule has 0 aliphatic heterocycles. The maximum absolute atomic E-state index is 13.5. The molecule has 0 saturated heterocycles. The number of fused-ring (bicyclic) bond motifs is 5. The largest absolute Gasteiger partial charge is 0.392 e. The summed E-state index contributed by atoms with van der Waals surface area (Å²) in [5, 5.41) is 10.9. The van der Waals surface area contributed by atoms with E-state index >= 15 is 0 Å². The van der Waals surface area contributed by atoms with Crippen LogP contribution in [-0.4, -0.2) is 11.2 Å². The van der Waals surface area contributed by atoms with Crippen molar-refractivity contribution in [3.8, 4) is 0 Å². The van der Waals surface area contributed by atoms with Gasteiger partial charge in [-0.3, -0.25) is 0 Å². The summed E-state index contributed by atoms with van der Waals surface area (Å²) in [6.07, 6.45) is 5.33. The summed E-state index contributed by atoms with van der Waals surface area (Å²) in [4.78, 5) is 0. The Morgan fingerprint density at radius 1 is 1.18 bits per heavy atom. The van der Waals surface area contributed by atoms with E-state index in [2.05, 4.69) is 20.8 Å². The Kier molecular flexibility index (Phi) is 3.05. The summed E-state index contributed by atoms with van der Waals surface area (Å²) in [5.74, 6) is 1.74. The van der Waals surface area contributed by atoms with E-state index in [9.17, 15) is 9.50 Å². The van der Waals surface area contributed by atoms with E-state index in [1.807, 2.05) is 6.07 Å². The van der Waals surface area contributed by atoms with Crippen molar-refractivity contribution in [2.75, 3.05) is 0 Å². The van der Waals surface area contributed by atoms with Gasteiger partial charge in [0, 0.05) is 0 Å². The van der Waals surface area contributed by atoms with E-state index in [0.29, 0.717) is 17.8 Å². The SMILES string of the molecule is CC1(C)C[C@H]2[C@@H]3CCc4cc(F)ccc4[C@H]3CC[C@]2(C)C1O. The van der Waals surface area contributed by atoms with Gasteiger partial charge in [0.25, 0.3) is 0 Å². The lowest BCUT2D eigenvalue weighted by Crippen LogP contribution is -2.45. The molecule has 1 aromatic carbocycles. The number of aliphatic hydroxyl groups is 1. The van der Waals surface area contributed by atoms with E-state index < -0.39 is 0 Å². The lowest BCUT2D eigenvalue weighted by molar-refractivity contribution is -0.0465. The number of hydrogen-bond donors (Lipinski definition) is 1. The lowest BCUT2D eigenvalue weighted by Gasteiger charge is -2.50. The zero-order chi connectivity index (χ0) is 15.7. The van der Waals surface area contributed by atoms with E-state index in [-0.39, 0.29) is 22.8 Å². The van der Waals surface area contributed by atoms with Crippen LogP contribution in [0.1, 0.15) is 63.5 Å². The first-order valence-corrected chi connectivity index (χ1v) is 8.79.